The molecule has 1 fully saturated rings. The van der Waals surface area contributed by atoms with Crippen molar-refractivity contribution in [3.8, 4) is 11.1 Å². The molecule has 0 amide bonds. The van der Waals surface area contributed by atoms with Crippen molar-refractivity contribution in [2.75, 3.05) is 5.73 Å². The van der Waals surface area contributed by atoms with Crippen LogP contribution in [-0.4, -0.2) is 22.8 Å². The second-order valence-corrected chi connectivity index (χ2v) is 8.76. The van der Waals surface area contributed by atoms with Crippen molar-refractivity contribution in [2.45, 2.75) is 44.3 Å². The number of allylic oxidation sites excluding steroid dienone is 1. The number of benzene rings is 2. The third kappa shape index (κ3) is 5.86. The number of pyridine rings is 1. The Morgan fingerprint density at radius 3 is 2.61 bits per heavy atom. The van der Waals surface area contributed by atoms with E-state index in [9.17, 15) is 0 Å². The van der Waals surface area contributed by atoms with Gasteiger partial charge in [0.25, 0.3) is 0 Å². The minimum Gasteiger partial charge on any atom is -0.398 e. The van der Waals surface area contributed by atoms with Gasteiger partial charge in [-0.2, -0.15) is 0 Å². The Hall–Kier alpha value is -3.48. The lowest BCUT2D eigenvalue weighted by molar-refractivity contribution is 0.342. The molecule has 0 saturated heterocycles. The number of nitrogens with zero attached hydrogens (tertiary/aromatic N) is 1. The van der Waals surface area contributed by atoms with E-state index in [4.69, 9.17) is 22.6 Å². The first kappa shape index (κ1) is 22.7. The second kappa shape index (κ2) is 10.4. The summed E-state index contributed by atoms with van der Waals surface area (Å²) >= 11 is 0. The first-order valence-corrected chi connectivity index (χ1v) is 11.4. The fourth-order valence-electron chi connectivity index (χ4n) is 4.27. The van der Waals surface area contributed by atoms with Crippen LogP contribution in [0.15, 0.2) is 72.7 Å². The molecule has 0 bridgehead atoms. The highest BCUT2D eigenvalue weighted by atomic mass is 14.9. The minimum absolute atomic E-state index is 0.209. The van der Waals surface area contributed by atoms with Crippen LogP contribution in [-0.2, 0) is 6.54 Å². The van der Waals surface area contributed by atoms with E-state index >= 15 is 0 Å². The normalized spacial score (nSPS) is 18.8. The molecule has 1 heterocycles. The molecular weight excluding hydrogens is 408 g/mol. The number of rotatable bonds is 7. The lowest BCUT2D eigenvalue weighted by Crippen LogP contribution is -2.37. The number of aromatic nitrogens is 1. The van der Waals surface area contributed by atoms with E-state index in [1.165, 1.54) is 5.56 Å². The Morgan fingerprint density at radius 1 is 1.03 bits per heavy atom. The van der Waals surface area contributed by atoms with E-state index < -0.39 is 0 Å². The molecule has 6 nitrogen and oxygen atoms in total. The number of nitrogens with two attached hydrogens (primary N) is 3. The third-order valence-corrected chi connectivity index (χ3v) is 6.25. The van der Waals surface area contributed by atoms with E-state index in [1.807, 2.05) is 48.5 Å². The van der Waals surface area contributed by atoms with Gasteiger partial charge in [-0.3, -0.25) is 10.4 Å². The Balaban J connectivity index is 1.47. The minimum atomic E-state index is 0.209. The highest BCUT2D eigenvalue weighted by molar-refractivity contribution is 6.15. The highest BCUT2D eigenvalue weighted by Crippen LogP contribution is 2.25. The van der Waals surface area contributed by atoms with E-state index in [-0.39, 0.29) is 5.71 Å². The molecule has 0 radical (unpaired) electrons. The van der Waals surface area contributed by atoms with Crippen molar-refractivity contribution in [3.63, 3.8) is 0 Å². The molecular formula is C27H32N6. The van der Waals surface area contributed by atoms with Crippen molar-refractivity contribution in [1.82, 2.24) is 10.3 Å². The van der Waals surface area contributed by atoms with Gasteiger partial charge < -0.3 is 22.5 Å². The molecule has 0 unspecified atom stereocenters. The third-order valence-electron chi connectivity index (χ3n) is 6.25. The standard InChI is InChI=1S/C27H32N6/c28-22-7-9-23(10-8-22)33-16-19-4-1-3-18(13-19)14-26(30)27(31)24-15-20(6-11-25(24)29)21-5-2-12-32-17-21/h1-6,11-15,17,22-23,31,33H,7-10,16,28-30H2/b26-14-,31-27?. The summed E-state index contributed by atoms with van der Waals surface area (Å²) in [5, 5.41) is 12.3. The molecule has 1 aliphatic carbocycles. The van der Waals surface area contributed by atoms with Crippen LogP contribution < -0.4 is 22.5 Å². The smallest absolute Gasteiger partial charge is 0.0862 e. The number of nitrogen functional groups attached to an aromatic ring is 1. The molecule has 4 rings (SSSR count). The van der Waals surface area contributed by atoms with Crippen LogP contribution in [0.3, 0.4) is 0 Å². The summed E-state index contributed by atoms with van der Waals surface area (Å²) in [6, 6.07) is 18.6. The molecule has 170 valence electrons. The summed E-state index contributed by atoms with van der Waals surface area (Å²) in [6.07, 6.45) is 9.79. The van der Waals surface area contributed by atoms with Crippen LogP contribution in [0, 0.1) is 5.41 Å². The van der Waals surface area contributed by atoms with Crippen LogP contribution >= 0.6 is 0 Å². The van der Waals surface area contributed by atoms with Crippen molar-refractivity contribution < 1.29 is 0 Å². The predicted molar refractivity (Wildman–Crippen MR) is 137 cm³/mol. The predicted octanol–water partition coefficient (Wildman–Crippen LogP) is 4.06. The fourth-order valence-corrected chi connectivity index (χ4v) is 4.27. The van der Waals surface area contributed by atoms with Gasteiger partial charge in [0.1, 0.15) is 0 Å². The van der Waals surface area contributed by atoms with Gasteiger partial charge >= 0.3 is 0 Å². The summed E-state index contributed by atoms with van der Waals surface area (Å²) in [5.41, 5.74) is 24.3. The van der Waals surface area contributed by atoms with Crippen LogP contribution in [0.1, 0.15) is 42.4 Å². The fraction of sp³-hybridized carbons (Fsp3) is 0.259. The van der Waals surface area contributed by atoms with Gasteiger partial charge in [-0.15, -0.1) is 0 Å². The van der Waals surface area contributed by atoms with E-state index in [0.29, 0.717) is 29.0 Å². The van der Waals surface area contributed by atoms with E-state index in [1.54, 1.807) is 12.4 Å². The molecule has 0 aliphatic heterocycles. The second-order valence-electron chi connectivity index (χ2n) is 8.76. The van der Waals surface area contributed by atoms with Gasteiger partial charge in [0.05, 0.1) is 11.4 Å². The zero-order valence-corrected chi connectivity index (χ0v) is 18.8. The molecule has 0 atom stereocenters. The van der Waals surface area contributed by atoms with E-state index in [2.05, 4.69) is 22.4 Å². The summed E-state index contributed by atoms with van der Waals surface area (Å²) in [7, 11) is 0. The highest BCUT2D eigenvalue weighted by Gasteiger charge is 2.17. The van der Waals surface area contributed by atoms with Gasteiger partial charge in [0.2, 0.25) is 0 Å². The summed E-state index contributed by atoms with van der Waals surface area (Å²) < 4.78 is 0. The van der Waals surface area contributed by atoms with Gasteiger partial charge in [0, 0.05) is 47.8 Å². The molecule has 1 aromatic heterocycles. The number of hydrogen-bond acceptors (Lipinski definition) is 6. The molecule has 1 saturated carbocycles. The lowest BCUT2D eigenvalue weighted by Gasteiger charge is -2.27. The molecule has 1 aliphatic rings. The molecule has 33 heavy (non-hydrogen) atoms. The Kier molecular flexibility index (Phi) is 7.17. The monoisotopic (exact) mass is 440 g/mol. The van der Waals surface area contributed by atoms with Crippen molar-refractivity contribution >= 4 is 17.5 Å². The van der Waals surface area contributed by atoms with Gasteiger partial charge in [-0.25, -0.2) is 0 Å². The molecule has 6 heteroatoms. The van der Waals surface area contributed by atoms with E-state index in [0.717, 1.165) is 48.9 Å². The zero-order valence-electron chi connectivity index (χ0n) is 18.8. The first-order chi connectivity index (χ1) is 16.0. The molecule has 8 N–H and O–H groups in total. The number of hydrogen-bond donors (Lipinski definition) is 5. The van der Waals surface area contributed by atoms with Gasteiger partial charge in [-0.05, 0) is 66.6 Å². The quantitative estimate of drug-likeness (QED) is 0.280. The van der Waals surface area contributed by atoms with Crippen molar-refractivity contribution in [2.24, 2.45) is 11.5 Å². The van der Waals surface area contributed by atoms with Crippen LogP contribution in [0.2, 0.25) is 0 Å². The SMILES string of the molecule is N=C(/C(N)=C/c1cccc(CNC2CCC(N)CC2)c1)c1cc(-c2cccnc2)ccc1N. The first-order valence-electron chi connectivity index (χ1n) is 11.4. The largest absolute Gasteiger partial charge is 0.398 e. The number of nitrogens with one attached hydrogen (secondary N) is 2. The summed E-state index contributed by atoms with van der Waals surface area (Å²) in [6.45, 7) is 0.805. The van der Waals surface area contributed by atoms with Gasteiger partial charge in [0.15, 0.2) is 0 Å². The van der Waals surface area contributed by atoms with Crippen LogP contribution in [0.5, 0.6) is 0 Å². The topological polar surface area (TPSA) is 127 Å². The van der Waals surface area contributed by atoms with Crippen LogP contribution in [0.25, 0.3) is 17.2 Å². The Bertz CT molecular complexity index is 1130. The maximum atomic E-state index is 8.66. The van der Waals surface area contributed by atoms with Crippen molar-refractivity contribution in [3.05, 3.63) is 89.4 Å². The summed E-state index contributed by atoms with van der Waals surface area (Å²) in [5.74, 6) is 0. The average molecular weight is 441 g/mol. The van der Waals surface area contributed by atoms with Crippen LogP contribution in [0.4, 0.5) is 5.69 Å². The zero-order chi connectivity index (χ0) is 23.2. The maximum absolute atomic E-state index is 8.66. The molecule has 2 aromatic carbocycles. The Labute approximate surface area is 195 Å². The summed E-state index contributed by atoms with van der Waals surface area (Å²) in [4.78, 5) is 4.17. The van der Waals surface area contributed by atoms with Gasteiger partial charge in [-0.1, -0.05) is 36.4 Å². The average Bonchev–Trinajstić information content (AvgIpc) is 2.84. The Morgan fingerprint density at radius 2 is 1.85 bits per heavy atom. The maximum Gasteiger partial charge on any atom is 0.0862 e. The molecule has 0 spiro atoms. The molecule has 3 aromatic rings. The van der Waals surface area contributed by atoms with Crippen molar-refractivity contribution in [1.29, 1.82) is 5.41 Å². The lowest BCUT2D eigenvalue weighted by atomic mass is 9.91. The number of anilines is 1.